The number of alkyl halides is 3. The number of carbonyl (C=O) groups excluding carboxylic acids is 1. The minimum Gasteiger partial charge on any atom is -0.481 e. The van der Waals surface area contributed by atoms with Crippen LogP contribution in [0.4, 0.5) is 13.2 Å². The third kappa shape index (κ3) is 7.35. The minimum absolute atomic E-state index is 0.115. The fourth-order valence-corrected chi connectivity index (χ4v) is 1.81. The molecule has 0 aromatic carbocycles. The second kappa shape index (κ2) is 6.95. The van der Waals surface area contributed by atoms with E-state index in [1.54, 1.807) is 27.7 Å². The van der Waals surface area contributed by atoms with Crippen LogP contribution in [0.5, 0.6) is 0 Å². The van der Waals surface area contributed by atoms with Crippen molar-refractivity contribution in [3.05, 3.63) is 0 Å². The highest BCUT2D eigenvalue weighted by atomic mass is 19.4. The molecule has 0 aliphatic heterocycles. The minimum atomic E-state index is -4.44. The number of hydrogen-bond donors (Lipinski definition) is 1. The summed E-state index contributed by atoms with van der Waals surface area (Å²) in [6, 6.07) is 0. The van der Waals surface area contributed by atoms with Crippen LogP contribution in [0.15, 0.2) is 0 Å². The van der Waals surface area contributed by atoms with Crippen molar-refractivity contribution in [3.8, 4) is 0 Å². The van der Waals surface area contributed by atoms with E-state index in [1.165, 1.54) is 0 Å². The average molecular weight is 298 g/mol. The summed E-state index contributed by atoms with van der Waals surface area (Å²) >= 11 is 0. The lowest BCUT2D eigenvalue weighted by atomic mass is 9.86. The number of halogens is 3. The Morgan fingerprint density at radius 3 is 1.95 bits per heavy atom. The van der Waals surface area contributed by atoms with Crippen molar-refractivity contribution in [3.63, 3.8) is 0 Å². The standard InChI is InChI=1S/C13H21F3O4/c1-5-8(11(19)20-12(2,3)4)9(10(17)18)6-7-13(14,15)16/h8-9H,5-7H2,1-4H3,(H,17,18). The zero-order chi connectivity index (χ0) is 16.1. The number of esters is 1. The molecule has 0 heterocycles. The Kier molecular flexibility index (Phi) is 6.50. The van der Waals surface area contributed by atoms with E-state index in [0.717, 1.165) is 0 Å². The molecule has 7 heteroatoms. The summed E-state index contributed by atoms with van der Waals surface area (Å²) in [5.41, 5.74) is -0.808. The van der Waals surface area contributed by atoms with Gasteiger partial charge in [0.15, 0.2) is 0 Å². The van der Waals surface area contributed by atoms with Crippen LogP contribution in [0.3, 0.4) is 0 Å². The predicted molar refractivity (Wildman–Crippen MR) is 66.0 cm³/mol. The van der Waals surface area contributed by atoms with Gasteiger partial charge in [0.2, 0.25) is 0 Å². The lowest BCUT2D eigenvalue weighted by Gasteiger charge is -2.26. The summed E-state index contributed by atoms with van der Waals surface area (Å²) in [7, 11) is 0. The van der Waals surface area contributed by atoms with Crippen molar-refractivity contribution in [2.45, 2.75) is 58.7 Å². The topological polar surface area (TPSA) is 63.6 Å². The highest BCUT2D eigenvalue weighted by Crippen LogP contribution is 2.30. The van der Waals surface area contributed by atoms with Crippen molar-refractivity contribution in [1.82, 2.24) is 0 Å². The lowest BCUT2D eigenvalue weighted by Crippen LogP contribution is -2.35. The third-order valence-corrected chi connectivity index (χ3v) is 2.69. The highest BCUT2D eigenvalue weighted by Gasteiger charge is 2.38. The first-order valence-corrected chi connectivity index (χ1v) is 6.39. The summed E-state index contributed by atoms with van der Waals surface area (Å²) < 4.78 is 41.7. The van der Waals surface area contributed by atoms with Crippen molar-refractivity contribution < 1.29 is 32.6 Å². The molecule has 0 bridgehead atoms. The first-order chi connectivity index (χ1) is 8.87. The van der Waals surface area contributed by atoms with Gasteiger partial charge < -0.3 is 9.84 Å². The first kappa shape index (κ1) is 18.7. The molecule has 20 heavy (non-hydrogen) atoms. The summed E-state index contributed by atoms with van der Waals surface area (Å²) in [4.78, 5) is 23.0. The highest BCUT2D eigenvalue weighted by molar-refractivity contribution is 5.81. The van der Waals surface area contributed by atoms with E-state index < -0.39 is 48.4 Å². The third-order valence-electron chi connectivity index (χ3n) is 2.69. The van der Waals surface area contributed by atoms with Crippen LogP contribution in [-0.2, 0) is 14.3 Å². The Morgan fingerprint density at radius 2 is 1.65 bits per heavy atom. The largest absolute Gasteiger partial charge is 0.481 e. The molecule has 0 saturated heterocycles. The fourth-order valence-electron chi connectivity index (χ4n) is 1.81. The molecule has 0 saturated carbocycles. The number of carbonyl (C=O) groups is 2. The Labute approximate surface area is 116 Å². The summed E-state index contributed by atoms with van der Waals surface area (Å²) in [5.74, 6) is -4.65. The molecule has 2 unspecified atom stereocenters. The summed E-state index contributed by atoms with van der Waals surface area (Å²) in [6.07, 6.45) is -6.19. The second-order valence-electron chi connectivity index (χ2n) is 5.65. The van der Waals surface area contributed by atoms with E-state index in [4.69, 9.17) is 9.84 Å². The van der Waals surface area contributed by atoms with E-state index in [0.29, 0.717) is 0 Å². The molecule has 0 aliphatic rings. The molecule has 0 rings (SSSR count). The van der Waals surface area contributed by atoms with Crippen molar-refractivity contribution in [2.24, 2.45) is 11.8 Å². The van der Waals surface area contributed by atoms with Crippen molar-refractivity contribution in [2.75, 3.05) is 0 Å². The molecule has 0 fully saturated rings. The molecule has 0 aromatic rings. The van der Waals surface area contributed by atoms with E-state index in [2.05, 4.69) is 0 Å². The maximum Gasteiger partial charge on any atom is 0.389 e. The van der Waals surface area contributed by atoms with Crippen LogP contribution in [0.1, 0.15) is 47.0 Å². The molecule has 0 spiro atoms. The quantitative estimate of drug-likeness (QED) is 0.763. The SMILES string of the molecule is CCC(C(=O)OC(C)(C)C)C(CCC(F)(F)F)C(=O)O. The monoisotopic (exact) mass is 298 g/mol. The second-order valence-corrected chi connectivity index (χ2v) is 5.65. The molecular formula is C13H21F3O4. The van der Waals surface area contributed by atoms with Crippen LogP contribution in [-0.4, -0.2) is 28.8 Å². The van der Waals surface area contributed by atoms with Crippen molar-refractivity contribution >= 4 is 11.9 Å². The Bertz CT molecular complexity index is 345. The van der Waals surface area contributed by atoms with Gasteiger partial charge in [-0.25, -0.2) is 0 Å². The van der Waals surface area contributed by atoms with Crippen LogP contribution >= 0.6 is 0 Å². The number of ether oxygens (including phenoxy) is 1. The van der Waals surface area contributed by atoms with Gasteiger partial charge in [-0.3, -0.25) is 9.59 Å². The molecule has 0 radical (unpaired) electrons. The van der Waals surface area contributed by atoms with Crippen molar-refractivity contribution in [1.29, 1.82) is 0 Å². The lowest BCUT2D eigenvalue weighted by molar-refractivity contribution is -0.170. The summed E-state index contributed by atoms with van der Waals surface area (Å²) in [5, 5.41) is 9.04. The van der Waals surface area contributed by atoms with E-state index in [-0.39, 0.29) is 6.42 Å². The maximum absolute atomic E-state index is 12.2. The summed E-state index contributed by atoms with van der Waals surface area (Å²) in [6.45, 7) is 6.40. The zero-order valence-corrected chi connectivity index (χ0v) is 12.1. The van der Waals surface area contributed by atoms with Gasteiger partial charge in [0.1, 0.15) is 5.60 Å². The predicted octanol–water partition coefficient (Wildman–Crippen LogP) is 3.40. The number of hydrogen-bond acceptors (Lipinski definition) is 3. The Balaban J connectivity index is 4.93. The normalized spacial score (nSPS) is 15.6. The van der Waals surface area contributed by atoms with Crippen LogP contribution in [0.2, 0.25) is 0 Å². The van der Waals surface area contributed by atoms with Gasteiger partial charge >= 0.3 is 18.1 Å². The molecule has 0 amide bonds. The van der Waals surface area contributed by atoms with Crippen LogP contribution < -0.4 is 0 Å². The van der Waals surface area contributed by atoms with E-state index in [9.17, 15) is 22.8 Å². The molecule has 1 N–H and O–H groups in total. The Hall–Kier alpha value is -1.27. The van der Waals surface area contributed by atoms with E-state index in [1.807, 2.05) is 0 Å². The van der Waals surface area contributed by atoms with E-state index >= 15 is 0 Å². The van der Waals surface area contributed by atoms with Crippen LogP contribution in [0.25, 0.3) is 0 Å². The maximum atomic E-state index is 12.2. The van der Waals surface area contributed by atoms with Gasteiger partial charge in [-0.05, 0) is 33.6 Å². The smallest absolute Gasteiger partial charge is 0.389 e. The molecule has 4 nitrogen and oxygen atoms in total. The van der Waals surface area contributed by atoms with Gasteiger partial charge in [0.05, 0.1) is 11.8 Å². The van der Waals surface area contributed by atoms with Gasteiger partial charge in [-0.2, -0.15) is 13.2 Å². The molecule has 0 aromatic heterocycles. The van der Waals surface area contributed by atoms with Gasteiger partial charge in [0.25, 0.3) is 0 Å². The molecule has 118 valence electrons. The van der Waals surface area contributed by atoms with Crippen LogP contribution in [0, 0.1) is 11.8 Å². The first-order valence-electron chi connectivity index (χ1n) is 6.39. The van der Waals surface area contributed by atoms with Gasteiger partial charge in [-0.15, -0.1) is 0 Å². The number of aliphatic carboxylic acids is 1. The Morgan fingerprint density at radius 1 is 1.15 bits per heavy atom. The number of carboxylic acid groups (broad SMARTS) is 1. The van der Waals surface area contributed by atoms with Gasteiger partial charge in [-0.1, -0.05) is 6.92 Å². The number of carboxylic acids is 1. The van der Waals surface area contributed by atoms with Gasteiger partial charge in [0, 0.05) is 6.42 Å². The average Bonchev–Trinajstić information content (AvgIpc) is 2.19. The number of rotatable bonds is 6. The fraction of sp³-hybridized carbons (Fsp3) is 0.846. The molecule has 2 atom stereocenters. The zero-order valence-electron chi connectivity index (χ0n) is 12.1. The molecular weight excluding hydrogens is 277 g/mol. The molecule has 0 aliphatic carbocycles.